The highest BCUT2D eigenvalue weighted by molar-refractivity contribution is 9.10. The van der Waals surface area contributed by atoms with Crippen molar-refractivity contribution < 1.29 is 4.79 Å². The molecule has 0 saturated carbocycles. The van der Waals surface area contributed by atoms with Crippen molar-refractivity contribution in [3.05, 3.63) is 27.4 Å². The van der Waals surface area contributed by atoms with Gasteiger partial charge < -0.3 is 5.32 Å². The Hall–Kier alpha value is -1.21. The number of amides is 1. The number of carbonyl (C=O) groups is 1. The van der Waals surface area contributed by atoms with E-state index in [9.17, 15) is 4.79 Å². The summed E-state index contributed by atoms with van der Waals surface area (Å²) in [6, 6.07) is 0. The van der Waals surface area contributed by atoms with Crippen molar-refractivity contribution in [2.45, 2.75) is 0 Å². The number of hydrogen-bond donors (Lipinski definition) is 1. The quantitative estimate of drug-likeness (QED) is 0.917. The van der Waals surface area contributed by atoms with E-state index in [4.69, 9.17) is 0 Å². The Labute approximate surface area is 98.3 Å². The monoisotopic (exact) mass is 286 g/mol. The van der Waals surface area contributed by atoms with Crippen LogP contribution in [0.5, 0.6) is 0 Å². The first kappa shape index (κ1) is 10.3. The molecule has 78 valence electrons. The fourth-order valence-electron chi connectivity index (χ4n) is 1.03. The third-order valence-corrected chi connectivity index (χ3v) is 3.18. The van der Waals surface area contributed by atoms with Gasteiger partial charge in [0.15, 0.2) is 5.01 Å². The van der Waals surface area contributed by atoms with E-state index in [-0.39, 0.29) is 5.91 Å². The lowest BCUT2D eigenvalue weighted by atomic mass is 10.5. The zero-order valence-corrected chi connectivity index (χ0v) is 10.2. The van der Waals surface area contributed by atoms with E-state index in [1.807, 2.05) is 0 Å². The highest BCUT2D eigenvalue weighted by atomic mass is 79.9. The van der Waals surface area contributed by atoms with Gasteiger partial charge in [0, 0.05) is 18.6 Å². The van der Waals surface area contributed by atoms with Crippen LogP contribution in [-0.2, 0) is 7.05 Å². The number of halogens is 1. The normalized spacial score (nSPS) is 10.3. The topological polar surface area (TPSA) is 59.8 Å². The van der Waals surface area contributed by atoms with Crippen molar-refractivity contribution in [3.63, 3.8) is 0 Å². The molecule has 0 radical (unpaired) electrons. The molecule has 0 aromatic carbocycles. The third-order valence-electron chi connectivity index (χ3n) is 1.63. The number of anilines is 1. The molecular weight excluding hydrogens is 280 g/mol. The van der Waals surface area contributed by atoms with Crippen LogP contribution < -0.4 is 5.32 Å². The Morgan fingerprint density at radius 2 is 2.47 bits per heavy atom. The molecule has 2 rings (SSSR count). The highest BCUT2D eigenvalue weighted by Crippen LogP contribution is 2.16. The number of aromatic nitrogens is 3. The van der Waals surface area contributed by atoms with Gasteiger partial charge >= 0.3 is 0 Å². The maximum atomic E-state index is 11.6. The van der Waals surface area contributed by atoms with Gasteiger partial charge in [-0.25, -0.2) is 4.98 Å². The lowest BCUT2D eigenvalue weighted by Crippen LogP contribution is -2.10. The maximum absolute atomic E-state index is 11.6. The van der Waals surface area contributed by atoms with Gasteiger partial charge in [-0.3, -0.25) is 9.48 Å². The average molecular weight is 287 g/mol. The molecule has 0 spiro atoms. The van der Waals surface area contributed by atoms with Crippen LogP contribution in [0.1, 0.15) is 9.80 Å². The van der Waals surface area contributed by atoms with Crippen LogP contribution in [0.2, 0.25) is 0 Å². The zero-order valence-electron chi connectivity index (χ0n) is 7.77. The summed E-state index contributed by atoms with van der Waals surface area (Å²) >= 11 is 4.48. The molecule has 2 aromatic heterocycles. The second-order valence-corrected chi connectivity index (χ2v) is 4.50. The first-order chi connectivity index (χ1) is 7.15. The van der Waals surface area contributed by atoms with Crippen molar-refractivity contribution in [3.8, 4) is 0 Å². The first-order valence-corrected chi connectivity index (χ1v) is 5.73. The second-order valence-electron chi connectivity index (χ2n) is 2.83. The molecule has 0 aliphatic carbocycles. The largest absolute Gasteiger partial charge is 0.317 e. The van der Waals surface area contributed by atoms with Gasteiger partial charge in [-0.15, -0.1) is 11.3 Å². The van der Waals surface area contributed by atoms with Crippen molar-refractivity contribution in [1.82, 2.24) is 14.8 Å². The third kappa shape index (κ3) is 2.42. The number of nitrogens with zero attached hydrogens (tertiary/aromatic N) is 3. The van der Waals surface area contributed by atoms with Crippen LogP contribution in [0.15, 0.2) is 22.4 Å². The smallest absolute Gasteiger partial charge is 0.284 e. The molecule has 0 aliphatic rings. The second kappa shape index (κ2) is 4.11. The predicted octanol–water partition coefficient (Wildman–Crippen LogP) is 1.89. The number of aryl methyl sites for hydroxylation is 1. The van der Waals surface area contributed by atoms with E-state index in [2.05, 4.69) is 31.3 Å². The molecule has 0 fully saturated rings. The van der Waals surface area contributed by atoms with Crippen molar-refractivity contribution in [2.75, 3.05) is 5.32 Å². The molecule has 0 aliphatic heterocycles. The molecule has 7 heteroatoms. The standard InChI is InChI=1S/C8H7BrN4OS/c1-13-3-5(2-10-13)11-7(14)8-12-6(9)4-15-8/h2-4H,1H3,(H,11,14). The van der Waals surface area contributed by atoms with Crippen LogP contribution in [0, 0.1) is 0 Å². The molecule has 0 unspecified atom stereocenters. The summed E-state index contributed by atoms with van der Waals surface area (Å²) < 4.78 is 2.29. The Balaban J connectivity index is 2.10. The minimum atomic E-state index is -0.223. The lowest BCUT2D eigenvalue weighted by molar-refractivity contribution is 0.102. The van der Waals surface area contributed by atoms with Gasteiger partial charge in [-0.05, 0) is 15.9 Å². The predicted molar refractivity (Wildman–Crippen MR) is 61.0 cm³/mol. The molecule has 2 aromatic rings. The van der Waals surface area contributed by atoms with Gasteiger partial charge in [-0.2, -0.15) is 5.10 Å². The summed E-state index contributed by atoms with van der Waals surface area (Å²) in [5, 5.41) is 8.83. The molecular formula is C8H7BrN4OS. The van der Waals surface area contributed by atoms with Gasteiger partial charge in [0.05, 0.1) is 11.9 Å². The number of carbonyl (C=O) groups excluding carboxylic acids is 1. The van der Waals surface area contributed by atoms with Gasteiger partial charge in [0.2, 0.25) is 0 Å². The summed E-state index contributed by atoms with van der Waals surface area (Å²) in [5.41, 5.74) is 0.661. The average Bonchev–Trinajstić information content (AvgIpc) is 2.75. The summed E-state index contributed by atoms with van der Waals surface area (Å²) in [6.07, 6.45) is 3.31. The number of rotatable bonds is 2. The van der Waals surface area contributed by atoms with Crippen LogP contribution in [-0.4, -0.2) is 20.7 Å². The minimum absolute atomic E-state index is 0.223. The summed E-state index contributed by atoms with van der Waals surface area (Å²) in [7, 11) is 1.79. The zero-order chi connectivity index (χ0) is 10.8. The highest BCUT2D eigenvalue weighted by Gasteiger charge is 2.10. The lowest BCUT2D eigenvalue weighted by Gasteiger charge is -1.96. The summed E-state index contributed by atoms with van der Waals surface area (Å²) in [6.45, 7) is 0. The van der Waals surface area contributed by atoms with Crippen LogP contribution in [0.4, 0.5) is 5.69 Å². The van der Waals surface area contributed by atoms with Gasteiger partial charge in [0.25, 0.3) is 5.91 Å². The molecule has 0 bridgehead atoms. The van der Waals surface area contributed by atoms with Crippen LogP contribution in [0.3, 0.4) is 0 Å². The van der Waals surface area contributed by atoms with Crippen molar-refractivity contribution in [1.29, 1.82) is 0 Å². The first-order valence-electron chi connectivity index (χ1n) is 4.06. The number of nitrogens with one attached hydrogen (secondary N) is 1. The molecule has 0 saturated heterocycles. The summed E-state index contributed by atoms with van der Waals surface area (Å²) in [4.78, 5) is 15.6. The molecule has 5 nitrogen and oxygen atoms in total. The molecule has 0 atom stereocenters. The molecule has 15 heavy (non-hydrogen) atoms. The number of thiazole rings is 1. The van der Waals surface area contributed by atoms with Gasteiger partial charge in [-0.1, -0.05) is 0 Å². The van der Waals surface area contributed by atoms with Crippen LogP contribution >= 0.6 is 27.3 Å². The fraction of sp³-hybridized carbons (Fsp3) is 0.125. The summed E-state index contributed by atoms with van der Waals surface area (Å²) in [5.74, 6) is -0.223. The number of hydrogen-bond acceptors (Lipinski definition) is 4. The molecule has 1 amide bonds. The fourth-order valence-corrected chi connectivity index (χ4v) is 2.17. The Morgan fingerprint density at radius 1 is 1.67 bits per heavy atom. The van der Waals surface area contributed by atoms with E-state index >= 15 is 0 Å². The molecule has 1 N–H and O–H groups in total. The minimum Gasteiger partial charge on any atom is -0.317 e. The van der Waals surface area contributed by atoms with Crippen molar-refractivity contribution in [2.24, 2.45) is 7.05 Å². The van der Waals surface area contributed by atoms with E-state index in [0.29, 0.717) is 15.3 Å². The van der Waals surface area contributed by atoms with Gasteiger partial charge in [0.1, 0.15) is 4.60 Å². The maximum Gasteiger partial charge on any atom is 0.284 e. The van der Waals surface area contributed by atoms with E-state index in [0.717, 1.165) is 0 Å². The Bertz CT molecular complexity index is 492. The van der Waals surface area contributed by atoms with E-state index in [1.165, 1.54) is 11.3 Å². The SMILES string of the molecule is Cn1cc(NC(=O)c2nc(Br)cs2)cn1. The van der Waals surface area contributed by atoms with E-state index in [1.54, 1.807) is 29.5 Å². The Morgan fingerprint density at radius 3 is 3.00 bits per heavy atom. The van der Waals surface area contributed by atoms with Crippen molar-refractivity contribution >= 4 is 38.9 Å². The van der Waals surface area contributed by atoms with E-state index < -0.39 is 0 Å². The Kier molecular flexibility index (Phi) is 2.83. The van der Waals surface area contributed by atoms with Crippen LogP contribution in [0.25, 0.3) is 0 Å². The molecule has 2 heterocycles.